The minimum absolute atomic E-state index is 0. The number of aromatic nitrogens is 1. The van der Waals surface area contributed by atoms with Crippen molar-refractivity contribution >= 4 is 18.4 Å². The van der Waals surface area contributed by atoms with Crippen LogP contribution in [0, 0.1) is 11.8 Å². The van der Waals surface area contributed by atoms with E-state index in [2.05, 4.69) is 32.7 Å². The van der Waals surface area contributed by atoms with Crippen LogP contribution in [0.4, 0.5) is 0 Å². The number of hydrogen-bond acceptors (Lipinski definition) is 2. The minimum atomic E-state index is -0.904. The summed E-state index contributed by atoms with van der Waals surface area (Å²) < 4.78 is 0. The highest BCUT2D eigenvalue weighted by atomic mass is 35.5. The molecule has 1 aromatic heterocycles. The lowest BCUT2D eigenvalue weighted by Crippen LogP contribution is -2.08. The number of carbonyl (C=O) groups is 1. The molecule has 3 nitrogen and oxygen atoms in total. The van der Waals surface area contributed by atoms with Crippen LogP contribution >= 0.6 is 12.4 Å². The molecule has 1 N–H and O–H groups in total. The molecule has 0 fully saturated rings. The zero-order valence-corrected chi connectivity index (χ0v) is 12.3. The van der Waals surface area contributed by atoms with Crippen molar-refractivity contribution in [2.75, 3.05) is 0 Å². The van der Waals surface area contributed by atoms with Crippen molar-refractivity contribution in [3.8, 4) is 0 Å². The maximum Gasteiger partial charge on any atom is 0.337 e. The van der Waals surface area contributed by atoms with Gasteiger partial charge in [-0.1, -0.05) is 27.7 Å². The summed E-state index contributed by atoms with van der Waals surface area (Å²) in [5, 5.41) is 8.98. The first-order chi connectivity index (χ1) is 7.90. The van der Waals surface area contributed by atoms with E-state index in [0.29, 0.717) is 11.8 Å². The van der Waals surface area contributed by atoms with E-state index in [-0.39, 0.29) is 18.0 Å². The van der Waals surface area contributed by atoms with E-state index in [9.17, 15) is 4.79 Å². The molecule has 0 amide bonds. The molecule has 0 aliphatic heterocycles. The van der Waals surface area contributed by atoms with Gasteiger partial charge in [0.1, 0.15) is 0 Å². The predicted molar refractivity (Wildman–Crippen MR) is 75.5 cm³/mol. The molecule has 1 rings (SSSR count). The van der Waals surface area contributed by atoms with Crippen LogP contribution in [0.15, 0.2) is 12.3 Å². The molecule has 1 heterocycles. The Kier molecular flexibility index (Phi) is 6.92. The molecule has 0 spiro atoms. The van der Waals surface area contributed by atoms with Crippen molar-refractivity contribution in [1.29, 1.82) is 0 Å². The van der Waals surface area contributed by atoms with Crippen molar-refractivity contribution in [1.82, 2.24) is 4.98 Å². The molecule has 0 atom stereocenters. The Hall–Kier alpha value is -1.09. The predicted octanol–water partition coefficient (Wildman–Crippen LogP) is 3.60. The second-order valence-electron chi connectivity index (χ2n) is 5.33. The second kappa shape index (κ2) is 7.37. The third-order valence-electron chi connectivity index (χ3n) is 2.54. The summed E-state index contributed by atoms with van der Waals surface area (Å²) in [6.45, 7) is 8.55. The number of rotatable bonds is 5. The van der Waals surface area contributed by atoms with Crippen LogP contribution in [0.25, 0.3) is 0 Å². The molecule has 0 aliphatic rings. The summed E-state index contributed by atoms with van der Waals surface area (Å²) in [5.41, 5.74) is 2.40. The normalized spacial score (nSPS) is 10.6. The third kappa shape index (κ3) is 5.05. The highest BCUT2D eigenvalue weighted by Crippen LogP contribution is 2.17. The van der Waals surface area contributed by atoms with Crippen LogP contribution in [-0.4, -0.2) is 16.1 Å². The number of pyridine rings is 1. The van der Waals surface area contributed by atoms with Crippen LogP contribution in [0.5, 0.6) is 0 Å². The summed E-state index contributed by atoms with van der Waals surface area (Å²) in [6.07, 6.45) is 3.25. The summed E-state index contributed by atoms with van der Waals surface area (Å²) >= 11 is 0. The lowest BCUT2D eigenvalue weighted by atomic mass is 9.96. The molecule has 0 saturated heterocycles. The number of carboxylic acid groups (broad SMARTS) is 1. The zero-order chi connectivity index (χ0) is 13.0. The summed E-state index contributed by atoms with van der Waals surface area (Å²) in [5.74, 6) is 0.134. The highest BCUT2D eigenvalue weighted by Gasteiger charge is 2.12. The topological polar surface area (TPSA) is 50.2 Å². The first kappa shape index (κ1) is 16.9. The van der Waals surface area contributed by atoms with Gasteiger partial charge in [0.15, 0.2) is 0 Å². The fourth-order valence-corrected chi connectivity index (χ4v) is 1.84. The van der Waals surface area contributed by atoms with Gasteiger partial charge >= 0.3 is 5.97 Å². The fraction of sp³-hybridized carbons (Fsp3) is 0.571. The molecule has 0 unspecified atom stereocenters. The number of hydrogen-bond donors (Lipinski definition) is 1. The van der Waals surface area contributed by atoms with Crippen molar-refractivity contribution < 1.29 is 9.90 Å². The van der Waals surface area contributed by atoms with Gasteiger partial charge in [-0.25, -0.2) is 4.79 Å². The molecule has 0 bridgehead atoms. The van der Waals surface area contributed by atoms with Crippen molar-refractivity contribution in [3.05, 3.63) is 29.1 Å². The molecule has 0 radical (unpaired) electrons. The molecule has 0 aliphatic carbocycles. The van der Waals surface area contributed by atoms with Crippen LogP contribution in [0.2, 0.25) is 0 Å². The number of nitrogens with zero attached hydrogens (tertiary/aromatic N) is 1. The lowest BCUT2D eigenvalue weighted by molar-refractivity contribution is 0.0696. The first-order valence-electron chi connectivity index (χ1n) is 6.11. The van der Waals surface area contributed by atoms with E-state index in [0.717, 1.165) is 24.1 Å². The summed E-state index contributed by atoms with van der Waals surface area (Å²) in [6, 6.07) is 1.77. The average Bonchev–Trinajstić information content (AvgIpc) is 2.18. The lowest BCUT2D eigenvalue weighted by Gasteiger charge is -2.13. The first-order valence-corrected chi connectivity index (χ1v) is 6.11. The number of aromatic carboxylic acids is 1. The average molecular weight is 272 g/mol. The number of halogens is 1. The Labute approximate surface area is 115 Å². The maximum absolute atomic E-state index is 10.9. The van der Waals surface area contributed by atoms with Crippen molar-refractivity contribution in [2.24, 2.45) is 11.8 Å². The Bertz CT molecular complexity index is 403. The second-order valence-corrected chi connectivity index (χ2v) is 5.33. The van der Waals surface area contributed by atoms with Gasteiger partial charge in [-0.15, -0.1) is 12.4 Å². The molecular weight excluding hydrogens is 250 g/mol. The Morgan fingerprint density at radius 3 is 2.22 bits per heavy atom. The van der Waals surface area contributed by atoms with Crippen molar-refractivity contribution in [2.45, 2.75) is 40.5 Å². The van der Waals surface area contributed by atoms with Gasteiger partial charge < -0.3 is 5.11 Å². The van der Waals surface area contributed by atoms with Gasteiger partial charge in [-0.2, -0.15) is 0 Å². The Morgan fingerprint density at radius 2 is 1.78 bits per heavy atom. The summed E-state index contributed by atoms with van der Waals surface area (Å²) in [7, 11) is 0. The fourth-order valence-electron chi connectivity index (χ4n) is 1.84. The van der Waals surface area contributed by atoms with Crippen LogP contribution in [0.3, 0.4) is 0 Å². The van der Waals surface area contributed by atoms with Gasteiger partial charge in [0.25, 0.3) is 0 Å². The van der Waals surface area contributed by atoms with Crippen LogP contribution in [-0.2, 0) is 12.8 Å². The van der Waals surface area contributed by atoms with Gasteiger partial charge in [0, 0.05) is 11.9 Å². The maximum atomic E-state index is 10.9. The Morgan fingerprint density at radius 1 is 1.22 bits per heavy atom. The van der Waals surface area contributed by atoms with Gasteiger partial charge in [-0.3, -0.25) is 4.98 Å². The van der Waals surface area contributed by atoms with Crippen molar-refractivity contribution in [3.63, 3.8) is 0 Å². The monoisotopic (exact) mass is 271 g/mol. The van der Waals surface area contributed by atoms with E-state index < -0.39 is 5.97 Å². The van der Waals surface area contributed by atoms with E-state index in [1.54, 1.807) is 6.07 Å². The SMILES string of the molecule is CC(C)Cc1cc(C(=O)O)cnc1CC(C)C.Cl. The summed E-state index contributed by atoms with van der Waals surface area (Å²) in [4.78, 5) is 15.2. The quantitative estimate of drug-likeness (QED) is 0.890. The van der Waals surface area contributed by atoms with Crippen LogP contribution in [0.1, 0.15) is 49.3 Å². The molecule has 4 heteroatoms. The third-order valence-corrected chi connectivity index (χ3v) is 2.54. The standard InChI is InChI=1S/C14H21NO2.ClH/c1-9(2)5-11-7-12(14(16)17)8-15-13(11)6-10(3)4;/h7-10H,5-6H2,1-4H3,(H,16,17);1H. The molecule has 1 aromatic rings. The zero-order valence-electron chi connectivity index (χ0n) is 11.4. The molecular formula is C14H22ClNO2. The van der Waals surface area contributed by atoms with Gasteiger partial charge in [-0.05, 0) is 36.3 Å². The molecule has 18 heavy (non-hydrogen) atoms. The smallest absolute Gasteiger partial charge is 0.337 e. The van der Waals surface area contributed by atoms with E-state index in [1.807, 2.05) is 0 Å². The Balaban J connectivity index is 0.00000289. The van der Waals surface area contributed by atoms with Crippen LogP contribution < -0.4 is 0 Å². The molecule has 102 valence electrons. The highest BCUT2D eigenvalue weighted by molar-refractivity contribution is 5.87. The molecule has 0 saturated carbocycles. The van der Waals surface area contributed by atoms with E-state index in [4.69, 9.17) is 5.11 Å². The van der Waals surface area contributed by atoms with Gasteiger partial charge in [0.05, 0.1) is 5.56 Å². The van der Waals surface area contributed by atoms with Gasteiger partial charge in [0.2, 0.25) is 0 Å². The van der Waals surface area contributed by atoms with E-state index >= 15 is 0 Å². The molecule has 0 aromatic carbocycles. The minimum Gasteiger partial charge on any atom is -0.478 e. The van der Waals surface area contributed by atoms with E-state index in [1.165, 1.54) is 6.20 Å². The largest absolute Gasteiger partial charge is 0.478 e. The number of carboxylic acids is 1.